The first-order chi connectivity index (χ1) is 13.1. The number of methoxy groups -OCH3 is 2. The lowest BCUT2D eigenvalue weighted by Gasteiger charge is -2.21. The van der Waals surface area contributed by atoms with Crippen molar-refractivity contribution in [3.8, 4) is 11.5 Å². The number of rotatable bonds is 11. The molecule has 0 bridgehead atoms. The topological polar surface area (TPSA) is 60.0 Å². The van der Waals surface area contributed by atoms with E-state index in [-0.39, 0.29) is 12.5 Å². The number of anilines is 1. The van der Waals surface area contributed by atoms with Crippen LogP contribution in [0.15, 0.2) is 53.0 Å². The summed E-state index contributed by atoms with van der Waals surface area (Å²) < 4.78 is 17.0. The van der Waals surface area contributed by atoms with E-state index in [9.17, 15) is 4.79 Å². The van der Waals surface area contributed by atoms with Crippen molar-refractivity contribution >= 4 is 27.5 Å². The molecule has 1 N–H and O–H groups in total. The minimum absolute atomic E-state index is 0.0798. The molecule has 1 amide bonds. The maximum absolute atomic E-state index is 12.3. The molecular formula is C20H25BrN2O4. The number of hydrogen-bond donors (Lipinski definition) is 1. The Bertz CT molecular complexity index is 684. The fraction of sp³-hybridized carbons (Fsp3) is 0.350. The van der Waals surface area contributed by atoms with Gasteiger partial charge in [0.1, 0.15) is 11.5 Å². The summed E-state index contributed by atoms with van der Waals surface area (Å²) in [5.74, 6) is 1.38. The van der Waals surface area contributed by atoms with Gasteiger partial charge in [0, 0.05) is 37.5 Å². The van der Waals surface area contributed by atoms with Gasteiger partial charge in [-0.3, -0.25) is 9.69 Å². The number of carbonyl (C=O) groups is 1. The van der Waals surface area contributed by atoms with E-state index in [1.54, 1.807) is 14.2 Å². The quantitative estimate of drug-likeness (QED) is 0.580. The van der Waals surface area contributed by atoms with Crippen molar-refractivity contribution in [3.63, 3.8) is 0 Å². The van der Waals surface area contributed by atoms with E-state index in [4.69, 9.17) is 14.2 Å². The Hall–Kier alpha value is -1.93. The molecule has 0 aliphatic heterocycles. The molecule has 0 unspecified atom stereocenters. The highest BCUT2D eigenvalue weighted by molar-refractivity contribution is 9.10. The van der Waals surface area contributed by atoms with Gasteiger partial charge in [-0.2, -0.15) is 0 Å². The molecule has 0 radical (unpaired) electrons. The molecule has 7 heteroatoms. The zero-order valence-corrected chi connectivity index (χ0v) is 17.2. The third kappa shape index (κ3) is 8.09. The van der Waals surface area contributed by atoms with Crippen molar-refractivity contribution in [2.45, 2.75) is 0 Å². The van der Waals surface area contributed by atoms with Crippen LogP contribution in [0, 0.1) is 0 Å². The lowest BCUT2D eigenvalue weighted by Crippen LogP contribution is -2.37. The minimum Gasteiger partial charge on any atom is -0.457 e. The van der Waals surface area contributed by atoms with Gasteiger partial charge in [0.15, 0.2) is 0 Å². The Morgan fingerprint density at radius 3 is 1.96 bits per heavy atom. The standard InChI is InChI=1S/C20H25BrN2O4/c1-25-13-11-23(12-14-26-2)15-20(24)22-17-5-9-19(10-6-17)27-18-7-3-16(21)4-8-18/h3-10H,11-15H2,1-2H3,(H,22,24). The van der Waals surface area contributed by atoms with E-state index < -0.39 is 0 Å². The summed E-state index contributed by atoms with van der Waals surface area (Å²) in [7, 11) is 3.29. The molecule has 0 aliphatic carbocycles. The van der Waals surface area contributed by atoms with E-state index in [0.29, 0.717) is 32.1 Å². The highest BCUT2D eigenvalue weighted by Gasteiger charge is 2.11. The smallest absolute Gasteiger partial charge is 0.238 e. The number of carbonyl (C=O) groups excluding carboxylic acids is 1. The second-order valence-corrected chi connectivity index (χ2v) is 6.81. The van der Waals surface area contributed by atoms with Gasteiger partial charge in [-0.05, 0) is 48.5 Å². The lowest BCUT2D eigenvalue weighted by atomic mass is 10.3. The SMILES string of the molecule is COCCN(CCOC)CC(=O)Nc1ccc(Oc2ccc(Br)cc2)cc1. The number of benzene rings is 2. The third-order valence-electron chi connectivity index (χ3n) is 3.78. The third-order valence-corrected chi connectivity index (χ3v) is 4.31. The predicted molar refractivity (Wildman–Crippen MR) is 109 cm³/mol. The van der Waals surface area contributed by atoms with Crippen LogP contribution in [0.25, 0.3) is 0 Å². The Labute approximate surface area is 168 Å². The number of halogens is 1. The van der Waals surface area contributed by atoms with Crippen molar-refractivity contribution in [3.05, 3.63) is 53.0 Å². The van der Waals surface area contributed by atoms with Gasteiger partial charge in [-0.1, -0.05) is 15.9 Å². The molecule has 0 spiro atoms. The van der Waals surface area contributed by atoms with Crippen molar-refractivity contribution in [2.75, 3.05) is 52.4 Å². The molecule has 27 heavy (non-hydrogen) atoms. The number of nitrogens with one attached hydrogen (secondary N) is 1. The first-order valence-electron chi connectivity index (χ1n) is 8.64. The van der Waals surface area contributed by atoms with Crippen LogP contribution in [-0.4, -0.2) is 57.9 Å². The van der Waals surface area contributed by atoms with E-state index in [1.807, 2.05) is 53.4 Å². The maximum atomic E-state index is 12.3. The summed E-state index contributed by atoms with van der Waals surface area (Å²) >= 11 is 3.39. The zero-order chi connectivity index (χ0) is 19.5. The lowest BCUT2D eigenvalue weighted by molar-refractivity contribution is -0.117. The average molecular weight is 437 g/mol. The molecule has 2 aromatic rings. The fourth-order valence-electron chi connectivity index (χ4n) is 2.36. The van der Waals surface area contributed by atoms with Gasteiger partial charge in [-0.25, -0.2) is 0 Å². The number of ether oxygens (including phenoxy) is 3. The first-order valence-corrected chi connectivity index (χ1v) is 9.43. The van der Waals surface area contributed by atoms with Crippen LogP contribution in [0.4, 0.5) is 5.69 Å². The van der Waals surface area contributed by atoms with E-state index in [0.717, 1.165) is 15.9 Å². The Kier molecular flexibility index (Phi) is 9.27. The van der Waals surface area contributed by atoms with Crippen LogP contribution >= 0.6 is 15.9 Å². The van der Waals surface area contributed by atoms with Crippen LogP contribution in [0.2, 0.25) is 0 Å². The summed E-state index contributed by atoms with van der Waals surface area (Å²) in [4.78, 5) is 14.3. The van der Waals surface area contributed by atoms with Gasteiger partial charge in [0.2, 0.25) is 5.91 Å². The molecule has 0 fully saturated rings. The van der Waals surface area contributed by atoms with Gasteiger partial charge in [-0.15, -0.1) is 0 Å². The predicted octanol–water partition coefficient (Wildman–Crippen LogP) is 3.77. The highest BCUT2D eigenvalue weighted by Crippen LogP contribution is 2.24. The minimum atomic E-state index is -0.0798. The highest BCUT2D eigenvalue weighted by atomic mass is 79.9. The van der Waals surface area contributed by atoms with Gasteiger partial charge in [0.05, 0.1) is 19.8 Å². The molecule has 0 heterocycles. The second kappa shape index (κ2) is 11.7. The first kappa shape index (κ1) is 21.4. The van der Waals surface area contributed by atoms with Crippen LogP contribution in [0.1, 0.15) is 0 Å². The number of hydrogen-bond acceptors (Lipinski definition) is 5. The van der Waals surface area contributed by atoms with Crippen LogP contribution in [0.3, 0.4) is 0 Å². The Balaban J connectivity index is 1.86. The van der Waals surface area contributed by atoms with Gasteiger partial charge in [0.25, 0.3) is 0 Å². The Morgan fingerprint density at radius 1 is 0.926 bits per heavy atom. The molecule has 0 aromatic heterocycles. The molecule has 0 saturated heterocycles. The molecular weight excluding hydrogens is 412 g/mol. The van der Waals surface area contributed by atoms with Crippen LogP contribution in [0.5, 0.6) is 11.5 Å². The summed E-state index contributed by atoms with van der Waals surface area (Å²) in [5, 5.41) is 2.90. The van der Waals surface area contributed by atoms with E-state index >= 15 is 0 Å². The van der Waals surface area contributed by atoms with E-state index in [1.165, 1.54) is 0 Å². The summed E-state index contributed by atoms with van der Waals surface area (Å²) in [6.07, 6.45) is 0. The second-order valence-electron chi connectivity index (χ2n) is 5.89. The van der Waals surface area contributed by atoms with Gasteiger partial charge < -0.3 is 19.5 Å². The zero-order valence-electron chi connectivity index (χ0n) is 15.6. The fourth-order valence-corrected chi connectivity index (χ4v) is 2.62. The average Bonchev–Trinajstić information content (AvgIpc) is 2.67. The number of nitrogens with zero attached hydrogens (tertiary/aromatic N) is 1. The largest absolute Gasteiger partial charge is 0.457 e. The summed E-state index contributed by atoms with van der Waals surface area (Å²) in [5.41, 5.74) is 0.724. The molecule has 146 valence electrons. The number of amides is 1. The molecule has 0 atom stereocenters. The summed E-state index contributed by atoms with van der Waals surface area (Å²) in [6.45, 7) is 2.77. The van der Waals surface area contributed by atoms with Crippen molar-refractivity contribution < 1.29 is 19.0 Å². The summed E-state index contributed by atoms with van der Waals surface area (Å²) in [6, 6.07) is 14.9. The molecule has 0 saturated carbocycles. The molecule has 0 aliphatic rings. The van der Waals surface area contributed by atoms with Crippen molar-refractivity contribution in [2.24, 2.45) is 0 Å². The normalized spacial score (nSPS) is 10.8. The molecule has 6 nitrogen and oxygen atoms in total. The van der Waals surface area contributed by atoms with Crippen molar-refractivity contribution in [1.29, 1.82) is 0 Å². The monoisotopic (exact) mass is 436 g/mol. The maximum Gasteiger partial charge on any atom is 0.238 e. The van der Waals surface area contributed by atoms with Crippen LogP contribution in [-0.2, 0) is 14.3 Å². The van der Waals surface area contributed by atoms with Crippen LogP contribution < -0.4 is 10.1 Å². The molecule has 2 rings (SSSR count). The Morgan fingerprint density at radius 2 is 1.44 bits per heavy atom. The van der Waals surface area contributed by atoms with E-state index in [2.05, 4.69) is 21.2 Å². The van der Waals surface area contributed by atoms with Gasteiger partial charge >= 0.3 is 0 Å². The van der Waals surface area contributed by atoms with Crippen molar-refractivity contribution in [1.82, 2.24) is 4.90 Å². The molecule has 2 aromatic carbocycles.